The molecule has 1 aromatic heterocycles. The maximum absolute atomic E-state index is 13.0. The van der Waals surface area contributed by atoms with Crippen molar-refractivity contribution in [1.29, 1.82) is 0 Å². The highest BCUT2D eigenvalue weighted by atomic mass is 35.5. The van der Waals surface area contributed by atoms with Crippen LogP contribution in [0.3, 0.4) is 0 Å². The summed E-state index contributed by atoms with van der Waals surface area (Å²) in [5, 5.41) is 1.04. The summed E-state index contributed by atoms with van der Waals surface area (Å²) in [4.78, 5) is 40.0. The average molecular weight is 400 g/mol. The monoisotopic (exact) mass is 399 g/mol. The summed E-state index contributed by atoms with van der Waals surface area (Å²) >= 11 is 6.03. The van der Waals surface area contributed by atoms with Gasteiger partial charge in [-0.3, -0.25) is 18.7 Å². The molecule has 3 rings (SSSR count). The van der Waals surface area contributed by atoms with E-state index in [-0.39, 0.29) is 24.6 Å². The molecule has 0 spiro atoms. The molecular formula is C21H22ClN3O3. The van der Waals surface area contributed by atoms with Crippen molar-refractivity contribution in [1.82, 2.24) is 14.0 Å². The van der Waals surface area contributed by atoms with Gasteiger partial charge in [0.1, 0.15) is 6.54 Å². The Hall–Kier alpha value is -2.86. The number of hydrogen-bond donors (Lipinski definition) is 0. The van der Waals surface area contributed by atoms with E-state index in [9.17, 15) is 14.4 Å². The van der Waals surface area contributed by atoms with E-state index in [4.69, 9.17) is 11.6 Å². The molecule has 0 saturated heterocycles. The fourth-order valence-corrected chi connectivity index (χ4v) is 3.48. The van der Waals surface area contributed by atoms with Crippen LogP contribution in [0.15, 0.2) is 58.1 Å². The number of carbonyl (C=O) groups excluding carboxylic acids is 1. The predicted octanol–water partition coefficient (Wildman–Crippen LogP) is 2.89. The third-order valence-electron chi connectivity index (χ3n) is 4.74. The summed E-state index contributed by atoms with van der Waals surface area (Å²) < 4.78 is 2.53. The highest BCUT2D eigenvalue weighted by Crippen LogP contribution is 2.14. The predicted molar refractivity (Wildman–Crippen MR) is 111 cm³/mol. The van der Waals surface area contributed by atoms with Crippen LogP contribution >= 0.6 is 11.6 Å². The van der Waals surface area contributed by atoms with Gasteiger partial charge in [0.15, 0.2) is 0 Å². The number of amides is 1. The third-order valence-corrected chi connectivity index (χ3v) is 4.97. The van der Waals surface area contributed by atoms with Crippen LogP contribution in [-0.4, -0.2) is 26.5 Å². The minimum atomic E-state index is -0.474. The Labute approximate surface area is 167 Å². The fourth-order valence-electron chi connectivity index (χ4n) is 3.27. The minimum absolute atomic E-state index is 0.131. The molecule has 28 heavy (non-hydrogen) atoms. The second kappa shape index (κ2) is 8.44. The van der Waals surface area contributed by atoms with Gasteiger partial charge in [0.25, 0.3) is 5.56 Å². The van der Waals surface area contributed by atoms with Crippen LogP contribution in [-0.2, 0) is 24.4 Å². The number of carbonyl (C=O) groups is 1. The first-order valence-electron chi connectivity index (χ1n) is 9.20. The lowest BCUT2D eigenvalue weighted by Crippen LogP contribution is -2.43. The highest BCUT2D eigenvalue weighted by Gasteiger charge is 2.18. The molecule has 7 heteroatoms. The number of rotatable bonds is 6. The molecule has 0 bridgehead atoms. The molecule has 2 aromatic carbocycles. The number of nitrogens with zero attached hydrogens (tertiary/aromatic N) is 3. The Balaban J connectivity index is 1.98. The molecule has 0 aliphatic carbocycles. The number of para-hydroxylation sites is 1. The first-order chi connectivity index (χ1) is 13.5. The van der Waals surface area contributed by atoms with Crippen molar-refractivity contribution >= 4 is 28.4 Å². The van der Waals surface area contributed by atoms with E-state index < -0.39 is 5.69 Å². The highest BCUT2D eigenvalue weighted by molar-refractivity contribution is 6.30. The first kappa shape index (κ1) is 19.9. The third kappa shape index (κ3) is 3.87. The molecule has 0 saturated carbocycles. The van der Waals surface area contributed by atoms with Gasteiger partial charge in [-0.2, -0.15) is 0 Å². The van der Waals surface area contributed by atoms with Crippen LogP contribution in [0.2, 0.25) is 5.02 Å². The second-order valence-corrected chi connectivity index (χ2v) is 6.91. The first-order valence-corrected chi connectivity index (χ1v) is 9.58. The van der Waals surface area contributed by atoms with Crippen molar-refractivity contribution in [3.8, 4) is 0 Å². The van der Waals surface area contributed by atoms with E-state index in [0.29, 0.717) is 29.0 Å². The average Bonchev–Trinajstić information content (AvgIpc) is 2.69. The summed E-state index contributed by atoms with van der Waals surface area (Å²) in [5.74, 6) is -0.198. The van der Waals surface area contributed by atoms with Crippen molar-refractivity contribution in [2.24, 2.45) is 0 Å². The van der Waals surface area contributed by atoms with Gasteiger partial charge >= 0.3 is 5.69 Å². The Morgan fingerprint density at radius 1 is 1.04 bits per heavy atom. The number of halogens is 1. The Morgan fingerprint density at radius 3 is 2.46 bits per heavy atom. The second-order valence-electron chi connectivity index (χ2n) is 6.47. The Bertz CT molecular complexity index is 1130. The topological polar surface area (TPSA) is 64.3 Å². The van der Waals surface area contributed by atoms with Crippen LogP contribution in [0.4, 0.5) is 0 Å². The molecule has 0 aliphatic rings. The Morgan fingerprint density at radius 2 is 1.79 bits per heavy atom. The van der Waals surface area contributed by atoms with Crippen LogP contribution < -0.4 is 11.2 Å². The number of aromatic nitrogens is 2. The molecule has 0 N–H and O–H groups in total. The molecular weight excluding hydrogens is 378 g/mol. The van der Waals surface area contributed by atoms with Gasteiger partial charge < -0.3 is 4.90 Å². The lowest BCUT2D eigenvalue weighted by Gasteiger charge is -2.22. The van der Waals surface area contributed by atoms with Gasteiger partial charge in [-0.05, 0) is 43.7 Å². The summed E-state index contributed by atoms with van der Waals surface area (Å²) in [5.41, 5.74) is 0.573. The summed E-state index contributed by atoms with van der Waals surface area (Å²) in [6.07, 6.45) is 0. The largest absolute Gasteiger partial charge is 0.337 e. The molecule has 6 nitrogen and oxygen atoms in total. The molecule has 0 unspecified atom stereocenters. The lowest BCUT2D eigenvalue weighted by atomic mass is 10.2. The normalized spacial score (nSPS) is 11.0. The van der Waals surface area contributed by atoms with E-state index in [1.54, 1.807) is 42.2 Å². The zero-order valence-electron chi connectivity index (χ0n) is 15.9. The van der Waals surface area contributed by atoms with Crippen LogP contribution in [0.25, 0.3) is 10.9 Å². The van der Waals surface area contributed by atoms with E-state index in [2.05, 4.69) is 0 Å². The zero-order valence-corrected chi connectivity index (χ0v) is 16.6. The van der Waals surface area contributed by atoms with E-state index >= 15 is 0 Å². The maximum atomic E-state index is 13.0. The van der Waals surface area contributed by atoms with Gasteiger partial charge in [-0.25, -0.2) is 4.79 Å². The van der Waals surface area contributed by atoms with Crippen molar-refractivity contribution in [3.63, 3.8) is 0 Å². The molecule has 1 heterocycles. The van der Waals surface area contributed by atoms with Gasteiger partial charge in [-0.15, -0.1) is 0 Å². The van der Waals surface area contributed by atoms with Crippen LogP contribution in [0.1, 0.15) is 19.4 Å². The molecule has 0 radical (unpaired) electrons. The number of fused-ring (bicyclic) bond motifs is 1. The van der Waals surface area contributed by atoms with Gasteiger partial charge in [0.2, 0.25) is 5.91 Å². The quantitative estimate of drug-likeness (QED) is 0.640. The lowest BCUT2D eigenvalue weighted by molar-refractivity contribution is -0.132. The standard InChI is InChI=1S/C21H22ClN3O3/c1-3-23(13-15-8-7-9-16(22)12-15)19(26)14-25-18-11-6-5-10-17(18)20(27)24(4-2)21(25)28/h5-12H,3-4,13-14H2,1-2H3. The van der Waals surface area contributed by atoms with Crippen molar-refractivity contribution in [2.75, 3.05) is 6.54 Å². The summed E-state index contributed by atoms with van der Waals surface area (Å²) in [6.45, 7) is 4.63. The summed E-state index contributed by atoms with van der Waals surface area (Å²) in [6, 6.07) is 14.2. The van der Waals surface area contributed by atoms with Crippen molar-refractivity contribution in [2.45, 2.75) is 33.5 Å². The zero-order chi connectivity index (χ0) is 20.3. The number of hydrogen-bond acceptors (Lipinski definition) is 3. The van der Waals surface area contributed by atoms with E-state index in [1.165, 1.54) is 4.57 Å². The molecule has 3 aromatic rings. The van der Waals surface area contributed by atoms with E-state index in [0.717, 1.165) is 10.1 Å². The number of benzene rings is 2. The fraction of sp³-hybridized carbons (Fsp3) is 0.286. The number of likely N-dealkylation sites (N-methyl/N-ethyl adjacent to an activating group) is 1. The van der Waals surface area contributed by atoms with Crippen molar-refractivity contribution in [3.05, 3.63) is 80.0 Å². The van der Waals surface area contributed by atoms with Crippen molar-refractivity contribution < 1.29 is 4.79 Å². The smallest absolute Gasteiger partial charge is 0.331 e. The molecule has 0 fully saturated rings. The van der Waals surface area contributed by atoms with Gasteiger partial charge in [0.05, 0.1) is 10.9 Å². The van der Waals surface area contributed by atoms with Crippen LogP contribution in [0, 0.1) is 0 Å². The summed E-state index contributed by atoms with van der Waals surface area (Å²) in [7, 11) is 0. The molecule has 0 atom stereocenters. The maximum Gasteiger partial charge on any atom is 0.331 e. The molecule has 1 amide bonds. The SMILES string of the molecule is CCN(Cc1cccc(Cl)c1)C(=O)Cn1c(=O)n(CC)c(=O)c2ccccc21. The van der Waals surface area contributed by atoms with Gasteiger partial charge in [-0.1, -0.05) is 35.9 Å². The van der Waals surface area contributed by atoms with Gasteiger partial charge in [0, 0.05) is 24.7 Å². The minimum Gasteiger partial charge on any atom is -0.337 e. The van der Waals surface area contributed by atoms with Crippen LogP contribution in [0.5, 0.6) is 0 Å². The molecule has 0 aliphatic heterocycles. The Kier molecular flexibility index (Phi) is 5.99. The molecule has 146 valence electrons. The van der Waals surface area contributed by atoms with E-state index in [1.807, 2.05) is 25.1 Å².